The molecule has 3 heteroatoms. The first-order valence-corrected chi connectivity index (χ1v) is 6.12. The van der Waals surface area contributed by atoms with Crippen LogP contribution in [0.5, 0.6) is 0 Å². The molecule has 0 saturated carbocycles. The second-order valence-electron chi connectivity index (χ2n) is 4.44. The first-order chi connectivity index (χ1) is 9.24. The fourth-order valence-corrected chi connectivity index (χ4v) is 2.05. The summed E-state index contributed by atoms with van der Waals surface area (Å²) in [6, 6.07) is 16.4. The average molecular weight is 252 g/mol. The first-order valence-electron chi connectivity index (χ1n) is 6.12. The minimum atomic E-state index is -0.234. The van der Waals surface area contributed by atoms with Crippen molar-refractivity contribution in [2.75, 3.05) is 0 Å². The van der Waals surface area contributed by atoms with E-state index < -0.39 is 0 Å². The lowest BCUT2D eigenvalue weighted by atomic mass is 10.1. The van der Waals surface area contributed by atoms with Gasteiger partial charge in [0.05, 0.1) is 11.4 Å². The second kappa shape index (κ2) is 4.69. The number of aromatic nitrogens is 2. The van der Waals surface area contributed by atoms with Crippen LogP contribution >= 0.6 is 0 Å². The van der Waals surface area contributed by atoms with Crippen LogP contribution in [0.2, 0.25) is 0 Å². The Morgan fingerprint density at radius 2 is 1.68 bits per heavy atom. The number of hydrogen-bond acceptors (Lipinski definition) is 1. The molecule has 1 aromatic heterocycles. The van der Waals surface area contributed by atoms with E-state index in [-0.39, 0.29) is 5.82 Å². The molecule has 2 nitrogen and oxygen atoms in total. The minimum Gasteiger partial charge on any atom is -0.240 e. The Kier molecular flexibility index (Phi) is 2.88. The molecule has 0 aliphatic rings. The minimum absolute atomic E-state index is 0.234. The molecule has 94 valence electrons. The van der Waals surface area contributed by atoms with Gasteiger partial charge in [0, 0.05) is 11.8 Å². The van der Waals surface area contributed by atoms with E-state index in [0.29, 0.717) is 0 Å². The summed E-state index contributed by atoms with van der Waals surface area (Å²) >= 11 is 0. The van der Waals surface area contributed by atoms with Crippen molar-refractivity contribution in [1.29, 1.82) is 0 Å². The maximum absolute atomic E-state index is 12.9. The molecular formula is C16H13FN2. The van der Waals surface area contributed by atoms with E-state index in [2.05, 4.69) is 18.1 Å². The predicted octanol–water partition coefficient (Wildman–Crippen LogP) is 3.99. The fraction of sp³-hybridized carbons (Fsp3) is 0.0625. The smallest absolute Gasteiger partial charge is 0.123 e. The Hall–Kier alpha value is -2.42. The van der Waals surface area contributed by atoms with E-state index in [1.807, 2.05) is 35.1 Å². The van der Waals surface area contributed by atoms with Gasteiger partial charge in [-0.3, -0.25) is 0 Å². The van der Waals surface area contributed by atoms with Crippen LogP contribution in [0.1, 0.15) is 5.56 Å². The predicted molar refractivity (Wildman–Crippen MR) is 73.7 cm³/mol. The van der Waals surface area contributed by atoms with Gasteiger partial charge in [-0.15, -0.1) is 0 Å². The largest absolute Gasteiger partial charge is 0.240 e. The van der Waals surface area contributed by atoms with Gasteiger partial charge in [0.25, 0.3) is 0 Å². The zero-order valence-electron chi connectivity index (χ0n) is 10.5. The maximum atomic E-state index is 12.9. The van der Waals surface area contributed by atoms with E-state index in [0.717, 1.165) is 22.5 Å². The van der Waals surface area contributed by atoms with Gasteiger partial charge >= 0.3 is 0 Å². The standard InChI is InChI=1S/C16H13FN2/c1-12-4-2-3-5-16(12)19-11-10-15(18-19)13-6-8-14(17)9-7-13/h2-11H,1H3. The molecule has 0 atom stereocenters. The lowest BCUT2D eigenvalue weighted by molar-refractivity contribution is 0.628. The third kappa shape index (κ3) is 2.27. The molecule has 0 aliphatic carbocycles. The highest BCUT2D eigenvalue weighted by atomic mass is 19.1. The van der Waals surface area contributed by atoms with Gasteiger partial charge < -0.3 is 0 Å². The number of hydrogen-bond donors (Lipinski definition) is 0. The Labute approximate surface area is 111 Å². The van der Waals surface area contributed by atoms with Crippen LogP contribution in [0.4, 0.5) is 4.39 Å². The topological polar surface area (TPSA) is 17.8 Å². The highest BCUT2D eigenvalue weighted by Gasteiger charge is 2.05. The van der Waals surface area contributed by atoms with Gasteiger partial charge in [-0.2, -0.15) is 5.10 Å². The molecular weight excluding hydrogens is 239 g/mol. The highest BCUT2D eigenvalue weighted by molar-refractivity contribution is 5.59. The van der Waals surface area contributed by atoms with Crippen molar-refractivity contribution >= 4 is 0 Å². The molecule has 0 unspecified atom stereocenters. The van der Waals surface area contributed by atoms with Crippen LogP contribution in [0.25, 0.3) is 16.9 Å². The second-order valence-corrected chi connectivity index (χ2v) is 4.44. The third-order valence-electron chi connectivity index (χ3n) is 3.09. The Balaban J connectivity index is 2.00. The van der Waals surface area contributed by atoms with E-state index >= 15 is 0 Å². The zero-order valence-corrected chi connectivity index (χ0v) is 10.5. The molecule has 19 heavy (non-hydrogen) atoms. The van der Waals surface area contributed by atoms with Crippen LogP contribution < -0.4 is 0 Å². The summed E-state index contributed by atoms with van der Waals surface area (Å²) < 4.78 is 14.7. The zero-order chi connectivity index (χ0) is 13.2. The highest BCUT2D eigenvalue weighted by Crippen LogP contribution is 2.20. The van der Waals surface area contributed by atoms with E-state index in [9.17, 15) is 4.39 Å². The van der Waals surface area contributed by atoms with E-state index in [4.69, 9.17) is 0 Å². The summed E-state index contributed by atoms with van der Waals surface area (Å²) in [7, 11) is 0. The molecule has 2 aromatic carbocycles. The summed E-state index contributed by atoms with van der Waals surface area (Å²) in [5, 5.41) is 4.54. The van der Waals surface area contributed by atoms with Crippen LogP contribution in [0.3, 0.4) is 0 Å². The molecule has 0 bridgehead atoms. The van der Waals surface area contributed by atoms with Crippen molar-refractivity contribution < 1.29 is 4.39 Å². The Morgan fingerprint density at radius 3 is 2.42 bits per heavy atom. The van der Waals surface area contributed by atoms with Crippen LogP contribution in [0.15, 0.2) is 60.8 Å². The SMILES string of the molecule is Cc1ccccc1-n1ccc(-c2ccc(F)cc2)n1. The monoisotopic (exact) mass is 252 g/mol. The molecule has 0 amide bonds. The van der Waals surface area contributed by atoms with E-state index in [1.165, 1.54) is 12.1 Å². The maximum Gasteiger partial charge on any atom is 0.123 e. The summed E-state index contributed by atoms with van der Waals surface area (Å²) in [6.07, 6.45) is 1.92. The average Bonchev–Trinajstić information content (AvgIpc) is 2.89. The van der Waals surface area contributed by atoms with Crippen LogP contribution in [0, 0.1) is 12.7 Å². The summed E-state index contributed by atoms with van der Waals surface area (Å²) in [6.45, 7) is 2.05. The lowest BCUT2D eigenvalue weighted by Gasteiger charge is -2.04. The van der Waals surface area contributed by atoms with Gasteiger partial charge in [-0.1, -0.05) is 18.2 Å². The number of halogens is 1. The third-order valence-corrected chi connectivity index (χ3v) is 3.09. The number of aryl methyl sites for hydroxylation is 1. The molecule has 0 N–H and O–H groups in total. The quantitative estimate of drug-likeness (QED) is 0.674. The number of nitrogens with zero attached hydrogens (tertiary/aromatic N) is 2. The summed E-state index contributed by atoms with van der Waals surface area (Å²) in [4.78, 5) is 0. The number of para-hydroxylation sites is 1. The molecule has 0 fully saturated rings. The van der Waals surface area contributed by atoms with Crippen molar-refractivity contribution in [2.45, 2.75) is 6.92 Å². The normalized spacial score (nSPS) is 10.6. The fourth-order valence-electron chi connectivity index (χ4n) is 2.05. The van der Waals surface area contributed by atoms with Crippen molar-refractivity contribution in [3.63, 3.8) is 0 Å². The van der Waals surface area contributed by atoms with Gasteiger partial charge in [0.2, 0.25) is 0 Å². The van der Waals surface area contributed by atoms with Gasteiger partial charge in [0.1, 0.15) is 5.82 Å². The first kappa shape index (κ1) is 11.7. The molecule has 0 aliphatic heterocycles. The molecule has 0 spiro atoms. The summed E-state index contributed by atoms with van der Waals surface area (Å²) in [5.74, 6) is -0.234. The van der Waals surface area contributed by atoms with Crippen LogP contribution in [-0.2, 0) is 0 Å². The molecule has 1 heterocycles. The van der Waals surface area contributed by atoms with Crippen molar-refractivity contribution in [1.82, 2.24) is 9.78 Å². The van der Waals surface area contributed by atoms with Gasteiger partial charge in [-0.05, 0) is 48.9 Å². The summed E-state index contributed by atoms with van der Waals surface area (Å²) in [5.41, 5.74) is 3.96. The van der Waals surface area contributed by atoms with Crippen LogP contribution in [-0.4, -0.2) is 9.78 Å². The molecule has 3 aromatic rings. The van der Waals surface area contributed by atoms with E-state index in [1.54, 1.807) is 12.1 Å². The van der Waals surface area contributed by atoms with Crippen molar-refractivity contribution in [3.8, 4) is 16.9 Å². The van der Waals surface area contributed by atoms with Gasteiger partial charge in [0.15, 0.2) is 0 Å². The molecule has 3 rings (SSSR count). The van der Waals surface area contributed by atoms with Gasteiger partial charge in [-0.25, -0.2) is 9.07 Å². The number of rotatable bonds is 2. The Bertz CT molecular complexity index is 699. The molecule has 0 radical (unpaired) electrons. The Morgan fingerprint density at radius 1 is 0.947 bits per heavy atom. The number of benzene rings is 2. The lowest BCUT2D eigenvalue weighted by Crippen LogP contribution is -1.97. The van der Waals surface area contributed by atoms with Crippen molar-refractivity contribution in [3.05, 3.63) is 72.2 Å². The van der Waals surface area contributed by atoms with Crippen molar-refractivity contribution in [2.24, 2.45) is 0 Å². The molecule has 0 saturated heterocycles.